The first-order valence-electron chi connectivity index (χ1n) is 6.32. The Balaban J connectivity index is 2.21. The van der Waals surface area contributed by atoms with E-state index in [2.05, 4.69) is 17.1 Å². The number of amides is 1. The molecule has 94 valence electrons. The largest absolute Gasteiger partial charge is 0.353 e. The van der Waals surface area contributed by atoms with Crippen molar-refractivity contribution in [2.75, 3.05) is 19.6 Å². The van der Waals surface area contributed by atoms with E-state index in [0.29, 0.717) is 13.0 Å². The smallest absolute Gasteiger partial charge is 0.239 e. The number of rotatable bonds is 7. The van der Waals surface area contributed by atoms with E-state index in [1.165, 1.54) is 12.8 Å². The van der Waals surface area contributed by atoms with Crippen LogP contribution in [0.15, 0.2) is 0 Å². The molecule has 0 aliphatic heterocycles. The van der Waals surface area contributed by atoms with Crippen LogP contribution in [0, 0.1) is 0 Å². The summed E-state index contributed by atoms with van der Waals surface area (Å²) in [5.74, 6) is -0.0400. The fraction of sp³-hybridized carbons (Fsp3) is 0.917. The van der Waals surface area contributed by atoms with Gasteiger partial charge in [0.1, 0.15) is 0 Å². The Labute approximate surface area is 98.6 Å². The van der Waals surface area contributed by atoms with Crippen LogP contribution in [0.25, 0.3) is 0 Å². The van der Waals surface area contributed by atoms with Crippen molar-refractivity contribution < 1.29 is 4.79 Å². The Hall–Kier alpha value is -0.610. The molecule has 0 bridgehead atoms. The van der Waals surface area contributed by atoms with E-state index in [-0.39, 0.29) is 5.91 Å². The monoisotopic (exact) mass is 227 g/mol. The van der Waals surface area contributed by atoms with Gasteiger partial charge in [-0.15, -0.1) is 0 Å². The van der Waals surface area contributed by atoms with Gasteiger partial charge in [0.15, 0.2) is 0 Å². The molecule has 0 aromatic carbocycles. The van der Waals surface area contributed by atoms with E-state index in [4.69, 9.17) is 5.73 Å². The van der Waals surface area contributed by atoms with E-state index in [1.54, 1.807) is 6.92 Å². The van der Waals surface area contributed by atoms with E-state index < -0.39 is 5.54 Å². The molecular weight excluding hydrogens is 202 g/mol. The molecule has 0 heterocycles. The van der Waals surface area contributed by atoms with Crippen LogP contribution in [0.1, 0.15) is 40.0 Å². The third-order valence-corrected chi connectivity index (χ3v) is 3.41. The van der Waals surface area contributed by atoms with Crippen molar-refractivity contribution in [3.63, 3.8) is 0 Å². The topological polar surface area (TPSA) is 58.4 Å². The number of hydrogen-bond acceptors (Lipinski definition) is 3. The number of carbonyl (C=O) groups is 1. The lowest BCUT2D eigenvalue weighted by Crippen LogP contribution is -2.52. The molecule has 0 saturated heterocycles. The molecule has 3 N–H and O–H groups in total. The molecule has 0 radical (unpaired) electrons. The third-order valence-electron chi connectivity index (χ3n) is 3.41. The molecule has 0 aromatic rings. The molecule has 1 fully saturated rings. The van der Waals surface area contributed by atoms with Crippen LogP contribution in [0.2, 0.25) is 0 Å². The summed E-state index contributed by atoms with van der Waals surface area (Å²) >= 11 is 0. The van der Waals surface area contributed by atoms with Crippen molar-refractivity contribution in [2.45, 2.75) is 51.6 Å². The summed E-state index contributed by atoms with van der Waals surface area (Å²) < 4.78 is 0. The maximum absolute atomic E-state index is 11.7. The second kappa shape index (κ2) is 5.64. The van der Waals surface area contributed by atoms with Gasteiger partial charge in [-0.3, -0.25) is 9.69 Å². The SMILES string of the molecule is CCN(CCNC(=O)C(C)(N)CC)C1CC1. The van der Waals surface area contributed by atoms with Crippen LogP contribution in [0.4, 0.5) is 0 Å². The minimum absolute atomic E-state index is 0.0400. The molecular formula is C12H25N3O. The predicted molar refractivity (Wildman–Crippen MR) is 66.2 cm³/mol. The van der Waals surface area contributed by atoms with Crippen molar-refractivity contribution in [3.05, 3.63) is 0 Å². The lowest BCUT2D eigenvalue weighted by molar-refractivity contribution is -0.125. The summed E-state index contributed by atoms with van der Waals surface area (Å²) in [5, 5.41) is 2.92. The van der Waals surface area contributed by atoms with Crippen LogP contribution < -0.4 is 11.1 Å². The first kappa shape index (κ1) is 13.5. The van der Waals surface area contributed by atoms with Gasteiger partial charge < -0.3 is 11.1 Å². The zero-order valence-corrected chi connectivity index (χ0v) is 10.8. The first-order valence-corrected chi connectivity index (χ1v) is 6.32. The summed E-state index contributed by atoms with van der Waals surface area (Å²) in [4.78, 5) is 14.1. The Morgan fingerprint density at radius 3 is 2.56 bits per heavy atom. The lowest BCUT2D eigenvalue weighted by atomic mass is 10.00. The van der Waals surface area contributed by atoms with Crippen LogP contribution in [-0.2, 0) is 4.79 Å². The highest BCUT2D eigenvalue weighted by Crippen LogP contribution is 2.25. The highest BCUT2D eigenvalue weighted by Gasteiger charge is 2.28. The molecule has 1 unspecified atom stereocenters. The molecule has 4 heteroatoms. The summed E-state index contributed by atoms with van der Waals surface area (Å²) in [6, 6.07) is 0.761. The van der Waals surface area contributed by atoms with E-state index in [9.17, 15) is 4.79 Å². The second-order valence-corrected chi connectivity index (χ2v) is 4.89. The summed E-state index contributed by atoms with van der Waals surface area (Å²) in [5.41, 5.74) is 5.13. The average Bonchev–Trinajstić information content (AvgIpc) is 3.08. The van der Waals surface area contributed by atoms with Crippen molar-refractivity contribution >= 4 is 5.91 Å². The second-order valence-electron chi connectivity index (χ2n) is 4.89. The molecule has 1 aliphatic rings. The van der Waals surface area contributed by atoms with Gasteiger partial charge in [-0.05, 0) is 32.7 Å². The minimum atomic E-state index is -0.726. The standard InChI is InChI=1S/C12H25N3O/c1-4-12(3,13)11(16)14-8-9-15(5-2)10-6-7-10/h10H,4-9,13H2,1-3H3,(H,14,16). The highest BCUT2D eigenvalue weighted by molar-refractivity contribution is 5.85. The normalized spacial score (nSPS) is 19.6. The van der Waals surface area contributed by atoms with Gasteiger partial charge in [0.05, 0.1) is 5.54 Å². The zero-order chi connectivity index (χ0) is 12.2. The number of nitrogens with one attached hydrogen (secondary N) is 1. The molecule has 1 saturated carbocycles. The Morgan fingerprint density at radius 2 is 2.12 bits per heavy atom. The van der Waals surface area contributed by atoms with Crippen LogP contribution in [0.5, 0.6) is 0 Å². The van der Waals surface area contributed by atoms with Gasteiger partial charge in [0, 0.05) is 19.1 Å². The number of carbonyl (C=O) groups excluding carboxylic acids is 1. The predicted octanol–water partition coefficient (Wildman–Crippen LogP) is 0.714. The van der Waals surface area contributed by atoms with E-state index in [0.717, 1.165) is 19.1 Å². The third kappa shape index (κ3) is 3.76. The van der Waals surface area contributed by atoms with Gasteiger partial charge in [0.2, 0.25) is 5.91 Å². The van der Waals surface area contributed by atoms with Gasteiger partial charge in [-0.25, -0.2) is 0 Å². The van der Waals surface area contributed by atoms with E-state index in [1.807, 2.05) is 6.92 Å². The van der Waals surface area contributed by atoms with E-state index >= 15 is 0 Å². The summed E-state index contributed by atoms with van der Waals surface area (Å²) in [6.07, 6.45) is 3.29. The van der Waals surface area contributed by atoms with Crippen LogP contribution >= 0.6 is 0 Å². The molecule has 4 nitrogen and oxygen atoms in total. The molecule has 16 heavy (non-hydrogen) atoms. The molecule has 0 spiro atoms. The quantitative estimate of drug-likeness (QED) is 0.673. The lowest BCUT2D eigenvalue weighted by Gasteiger charge is -2.24. The molecule has 1 amide bonds. The minimum Gasteiger partial charge on any atom is -0.353 e. The Bertz CT molecular complexity index is 236. The summed E-state index contributed by atoms with van der Waals surface area (Å²) in [6.45, 7) is 8.58. The number of nitrogens with zero attached hydrogens (tertiary/aromatic N) is 1. The van der Waals surface area contributed by atoms with Crippen molar-refractivity contribution in [1.82, 2.24) is 10.2 Å². The van der Waals surface area contributed by atoms with Crippen molar-refractivity contribution in [3.8, 4) is 0 Å². The Morgan fingerprint density at radius 1 is 1.50 bits per heavy atom. The molecule has 0 aromatic heterocycles. The number of likely N-dealkylation sites (N-methyl/N-ethyl adjacent to an activating group) is 1. The van der Waals surface area contributed by atoms with Gasteiger partial charge in [0.25, 0.3) is 0 Å². The molecule has 1 aliphatic carbocycles. The summed E-state index contributed by atoms with van der Waals surface area (Å²) in [7, 11) is 0. The fourth-order valence-electron chi connectivity index (χ4n) is 1.71. The van der Waals surface area contributed by atoms with Crippen LogP contribution in [0.3, 0.4) is 0 Å². The van der Waals surface area contributed by atoms with Gasteiger partial charge in [-0.2, -0.15) is 0 Å². The Kier molecular flexibility index (Phi) is 4.74. The number of hydrogen-bond donors (Lipinski definition) is 2. The van der Waals surface area contributed by atoms with Crippen molar-refractivity contribution in [1.29, 1.82) is 0 Å². The van der Waals surface area contributed by atoms with Crippen LogP contribution in [-0.4, -0.2) is 42.0 Å². The zero-order valence-electron chi connectivity index (χ0n) is 10.8. The highest BCUT2D eigenvalue weighted by atomic mass is 16.2. The maximum Gasteiger partial charge on any atom is 0.239 e. The molecule has 1 atom stereocenters. The molecule has 1 rings (SSSR count). The van der Waals surface area contributed by atoms with Gasteiger partial charge >= 0.3 is 0 Å². The first-order chi connectivity index (χ1) is 7.51. The van der Waals surface area contributed by atoms with Crippen molar-refractivity contribution in [2.24, 2.45) is 5.73 Å². The number of nitrogens with two attached hydrogens (primary N) is 1. The maximum atomic E-state index is 11.7. The average molecular weight is 227 g/mol. The fourth-order valence-corrected chi connectivity index (χ4v) is 1.71. The van der Waals surface area contributed by atoms with Gasteiger partial charge in [-0.1, -0.05) is 13.8 Å².